The Balaban J connectivity index is 1.53. The van der Waals surface area contributed by atoms with Gasteiger partial charge in [0, 0.05) is 23.6 Å². The summed E-state index contributed by atoms with van der Waals surface area (Å²) in [5.41, 5.74) is 0.806. The number of hydrogen-bond acceptors (Lipinski definition) is 6. The molecule has 0 radical (unpaired) electrons. The van der Waals surface area contributed by atoms with Crippen molar-refractivity contribution >= 4 is 31.9 Å². The van der Waals surface area contributed by atoms with Crippen LogP contribution in [-0.4, -0.2) is 44.9 Å². The zero-order valence-corrected chi connectivity index (χ0v) is 19.1. The van der Waals surface area contributed by atoms with Crippen LogP contribution in [0.4, 0.5) is 0 Å². The van der Waals surface area contributed by atoms with Gasteiger partial charge in [-0.15, -0.1) is 0 Å². The molecule has 2 aliphatic rings. The number of nitrogens with zero attached hydrogens (tertiary/aromatic N) is 1. The predicted octanol–water partition coefficient (Wildman–Crippen LogP) is 3.40. The van der Waals surface area contributed by atoms with Crippen LogP contribution in [0.15, 0.2) is 32.0 Å². The van der Waals surface area contributed by atoms with Crippen molar-refractivity contribution in [2.24, 2.45) is 0 Å². The summed E-state index contributed by atoms with van der Waals surface area (Å²) in [4.78, 5) is 12.8. The maximum Gasteiger partial charge on any atom is 0.287 e. The largest absolute Gasteiger partial charge is 0.486 e. The number of furan rings is 1. The molecule has 3 heterocycles. The Hall–Kier alpha value is -2.04. The number of aryl methyl sites for hydroxylation is 1. The van der Waals surface area contributed by atoms with Crippen LogP contribution in [0.3, 0.4) is 0 Å². The number of carbonyl (C=O) groups is 1. The van der Waals surface area contributed by atoms with Gasteiger partial charge in [-0.1, -0.05) is 15.9 Å². The van der Waals surface area contributed by atoms with Crippen LogP contribution in [0.2, 0.25) is 0 Å². The molecule has 1 aromatic heterocycles. The van der Waals surface area contributed by atoms with Gasteiger partial charge in [0.1, 0.15) is 23.9 Å². The van der Waals surface area contributed by atoms with Crippen molar-refractivity contribution in [2.45, 2.75) is 37.6 Å². The van der Waals surface area contributed by atoms with Crippen LogP contribution in [0.25, 0.3) is 0 Å². The molecule has 1 N–H and O–H groups in total. The molecule has 4 rings (SSSR count). The van der Waals surface area contributed by atoms with Crippen molar-refractivity contribution in [3.63, 3.8) is 0 Å². The Morgan fingerprint density at radius 3 is 2.43 bits per heavy atom. The summed E-state index contributed by atoms with van der Waals surface area (Å²) in [6, 6.07) is 4.56. The van der Waals surface area contributed by atoms with Crippen molar-refractivity contribution in [2.75, 3.05) is 26.3 Å². The second-order valence-electron chi connectivity index (χ2n) is 7.35. The Morgan fingerprint density at radius 1 is 1.13 bits per heavy atom. The van der Waals surface area contributed by atoms with Crippen LogP contribution >= 0.6 is 15.9 Å². The maximum absolute atomic E-state index is 12.8. The van der Waals surface area contributed by atoms with Crippen LogP contribution in [0.1, 0.15) is 47.7 Å². The van der Waals surface area contributed by atoms with Gasteiger partial charge < -0.3 is 19.2 Å². The van der Waals surface area contributed by atoms with Gasteiger partial charge in [-0.25, -0.2) is 8.42 Å². The molecule has 0 spiro atoms. The lowest BCUT2D eigenvalue weighted by atomic mass is 10.1. The summed E-state index contributed by atoms with van der Waals surface area (Å²) < 4.78 is 44.5. The summed E-state index contributed by atoms with van der Waals surface area (Å²) in [5.74, 6) is 0.948. The molecule has 0 saturated carbocycles. The molecule has 162 valence electrons. The summed E-state index contributed by atoms with van der Waals surface area (Å²) in [6.07, 6.45) is 1.68. The highest BCUT2D eigenvalue weighted by atomic mass is 79.9. The molecule has 1 aromatic carbocycles. The average Bonchev–Trinajstić information content (AvgIpc) is 3.38. The molecule has 1 amide bonds. The fraction of sp³-hybridized carbons (Fsp3) is 0.450. The summed E-state index contributed by atoms with van der Waals surface area (Å²) in [5, 5.41) is 2.85. The number of nitrogens with one attached hydrogen (secondary N) is 1. The Morgan fingerprint density at radius 2 is 1.77 bits per heavy atom. The highest BCUT2D eigenvalue weighted by Gasteiger charge is 2.32. The third kappa shape index (κ3) is 3.95. The molecule has 8 nitrogen and oxygen atoms in total. The van der Waals surface area contributed by atoms with Crippen molar-refractivity contribution < 1.29 is 27.1 Å². The number of hydrogen-bond donors (Lipinski definition) is 1. The Labute approximate surface area is 183 Å². The van der Waals surface area contributed by atoms with E-state index in [-0.39, 0.29) is 22.5 Å². The molecule has 2 aromatic rings. The van der Waals surface area contributed by atoms with E-state index < -0.39 is 15.9 Å². The van der Waals surface area contributed by atoms with E-state index in [4.69, 9.17) is 13.9 Å². The van der Waals surface area contributed by atoms with E-state index in [1.54, 1.807) is 6.92 Å². The minimum atomic E-state index is -3.66. The van der Waals surface area contributed by atoms with E-state index in [1.165, 1.54) is 10.4 Å². The monoisotopic (exact) mass is 498 g/mol. The first-order valence-corrected chi connectivity index (χ1v) is 12.0. The van der Waals surface area contributed by atoms with Crippen molar-refractivity contribution in [3.8, 4) is 11.5 Å². The van der Waals surface area contributed by atoms with Gasteiger partial charge in [0.15, 0.2) is 17.3 Å². The summed E-state index contributed by atoms with van der Waals surface area (Å²) >= 11 is 3.51. The maximum atomic E-state index is 12.8. The van der Waals surface area contributed by atoms with E-state index >= 15 is 0 Å². The number of rotatable bonds is 5. The average molecular weight is 499 g/mol. The smallest absolute Gasteiger partial charge is 0.287 e. The Bertz CT molecular complexity index is 1080. The molecule has 2 aliphatic heterocycles. The number of halogens is 1. The molecule has 1 unspecified atom stereocenters. The summed E-state index contributed by atoms with van der Waals surface area (Å²) in [6.45, 7) is 5.32. The second kappa shape index (κ2) is 8.24. The number of amides is 1. The van der Waals surface area contributed by atoms with Crippen LogP contribution in [0.5, 0.6) is 11.5 Å². The standard InChI is InChI=1S/C20H23BrN2O6S/c1-12(14-9-16-17(10-15(14)21)28-8-7-27-16)22-20(24)18-11-19(13(2)29-18)30(25,26)23-5-3-4-6-23/h9-12H,3-8H2,1-2H3,(H,22,24). The molecule has 10 heteroatoms. The minimum Gasteiger partial charge on any atom is -0.486 e. The highest BCUT2D eigenvalue weighted by molar-refractivity contribution is 9.10. The zero-order chi connectivity index (χ0) is 21.5. The fourth-order valence-corrected chi connectivity index (χ4v) is 6.00. The first-order chi connectivity index (χ1) is 14.3. The molecule has 30 heavy (non-hydrogen) atoms. The van der Waals surface area contributed by atoms with E-state index in [0.29, 0.717) is 37.8 Å². The van der Waals surface area contributed by atoms with Crippen molar-refractivity contribution in [1.29, 1.82) is 0 Å². The second-order valence-corrected chi connectivity index (χ2v) is 10.1. The molecule has 0 bridgehead atoms. The lowest BCUT2D eigenvalue weighted by Gasteiger charge is -2.22. The normalized spacial score (nSPS) is 17.7. The van der Waals surface area contributed by atoms with Crippen molar-refractivity contribution in [3.05, 3.63) is 39.8 Å². The topological polar surface area (TPSA) is 98.1 Å². The number of fused-ring (bicyclic) bond motifs is 1. The van der Waals surface area contributed by atoms with E-state index in [1.807, 2.05) is 19.1 Å². The number of ether oxygens (including phenoxy) is 2. The quantitative estimate of drug-likeness (QED) is 0.678. The lowest BCUT2D eigenvalue weighted by Crippen LogP contribution is -2.28. The van der Waals surface area contributed by atoms with Gasteiger partial charge in [-0.2, -0.15) is 4.31 Å². The minimum absolute atomic E-state index is 0.0363. The summed E-state index contributed by atoms with van der Waals surface area (Å²) in [7, 11) is -3.66. The number of sulfonamides is 1. The Kier molecular flexibility index (Phi) is 5.82. The molecule has 1 fully saturated rings. The molecular formula is C20H23BrN2O6S. The SMILES string of the molecule is Cc1oc(C(=O)NC(C)c2cc3c(cc2Br)OCCO3)cc1S(=O)(=O)N1CCCC1. The van der Waals surface area contributed by atoms with Crippen molar-refractivity contribution in [1.82, 2.24) is 9.62 Å². The highest BCUT2D eigenvalue weighted by Crippen LogP contribution is 2.38. The molecule has 0 aliphatic carbocycles. The van der Waals surface area contributed by atoms with Crippen LogP contribution in [-0.2, 0) is 10.0 Å². The third-order valence-corrected chi connectivity index (χ3v) is 7.95. The molecule has 1 atom stereocenters. The van der Waals surface area contributed by atoms with E-state index in [2.05, 4.69) is 21.2 Å². The third-order valence-electron chi connectivity index (χ3n) is 5.25. The van der Waals surface area contributed by atoms with Gasteiger partial charge in [0.25, 0.3) is 5.91 Å². The van der Waals surface area contributed by atoms with Gasteiger partial charge >= 0.3 is 0 Å². The van der Waals surface area contributed by atoms with Gasteiger partial charge in [-0.3, -0.25) is 4.79 Å². The zero-order valence-electron chi connectivity index (χ0n) is 16.7. The number of benzene rings is 1. The molecular weight excluding hydrogens is 476 g/mol. The lowest BCUT2D eigenvalue weighted by molar-refractivity contribution is 0.0910. The van der Waals surface area contributed by atoms with Crippen LogP contribution in [0, 0.1) is 6.92 Å². The van der Waals surface area contributed by atoms with Gasteiger partial charge in [0.2, 0.25) is 10.0 Å². The van der Waals surface area contributed by atoms with E-state index in [9.17, 15) is 13.2 Å². The molecule has 1 saturated heterocycles. The first kappa shape index (κ1) is 21.2. The number of carbonyl (C=O) groups excluding carboxylic acids is 1. The van der Waals surface area contributed by atoms with E-state index in [0.717, 1.165) is 22.9 Å². The van der Waals surface area contributed by atoms with Gasteiger partial charge in [-0.05, 0) is 44.4 Å². The first-order valence-electron chi connectivity index (χ1n) is 9.78. The fourth-order valence-electron chi connectivity index (χ4n) is 3.66. The van der Waals surface area contributed by atoms with Crippen LogP contribution < -0.4 is 14.8 Å². The predicted molar refractivity (Wildman–Crippen MR) is 112 cm³/mol. The van der Waals surface area contributed by atoms with Gasteiger partial charge in [0.05, 0.1) is 6.04 Å².